The van der Waals surface area contributed by atoms with E-state index in [9.17, 15) is 8.78 Å². The summed E-state index contributed by atoms with van der Waals surface area (Å²) in [5.41, 5.74) is 3.57. The van der Waals surface area contributed by atoms with Crippen LogP contribution in [0.15, 0.2) is 35.3 Å². The summed E-state index contributed by atoms with van der Waals surface area (Å²) in [4.78, 5) is 6.43. The number of aryl methyl sites for hydroxylation is 2. The van der Waals surface area contributed by atoms with Gasteiger partial charge in [-0.3, -0.25) is 0 Å². The minimum atomic E-state index is -0.491. The van der Waals surface area contributed by atoms with Crippen LogP contribution in [0.2, 0.25) is 0 Å². The molecule has 5 heteroatoms. The van der Waals surface area contributed by atoms with Gasteiger partial charge >= 0.3 is 0 Å². The molecule has 2 rings (SSSR count). The van der Waals surface area contributed by atoms with Crippen LogP contribution < -0.4 is 5.32 Å². The van der Waals surface area contributed by atoms with Crippen LogP contribution in [0.4, 0.5) is 25.8 Å². The molecule has 23 heavy (non-hydrogen) atoms. The molecule has 0 saturated heterocycles. The van der Waals surface area contributed by atoms with Crippen molar-refractivity contribution in [3.05, 3.63) is 53.1 Å². The highest BCUT2D eigenvalue weighted by atomic mass is 19.1. The molecule has 0 aromatic heterocycles. The standard InChI is InChI=1S/C18H21F2N3/c1-5-23(4)11-21-16-8-13(3)17(9-12(16)2)22-18-10-14(19)6-7-15(18)20/h6-11,22H,5H2,1-4H3. The van der Waals surface area contributed by atoms with E-state index in [-0.39, 0.29) is 5.69 Å². The Morgan fingerprint density at radius 2 is 1.83 bits per heavy atom. The predicted molar refractivity (Wildman–Crippen MR) is 92.0 cm³/mol. The Labute approximate surface area is 135 Å². The summed E-state index contributed by atoms with van der Waals surface area (Å²) >= 11 is 0. The number of hydrogen-bond acceptors (Lipinski definition) is 2. The molecule has 1 N–H and O–H groups in total. The van der Waals surface area contributed by atoms with Gasteiger partial charge in [0, 0.05) is 25.3 Å². The summed E-state index contributed by atoms with van der Waals surface area (Å²) in [7, 11) is 1.95. The third-order valence-corrected chi connectivity index (χ3v) is 3.63. The van der Waals surface area contributed by atoms with Crippen LogP contribution in [0.5, 0.6) is 0 Å². The van der Waals surface area contributed by atoms with E-state index in [1.165, 1.54) is 0 Å². The Balaban J connectivity index is 2.29. The van der Waals surface area contributed by atoms with Gasteiger partial charge in [-0.15, -0.1) is 0 Å². The fourth-order valence-corrected chi connectivity index (χ4v) is 2.06. The molecule has 0 amide bonds. The first kappa shape index (κ1) is 16.9. The molecule has 122 valence electrons. The second-order valence-corrected chi connectivity index (χ2v) is 5.52. The first-order valence-electron chi connectivity index (χ1n) is 7.48. The van der Waals surface area contributed by atoms with Crippen molar-refractivity contribution in [2.24, 2.45) is 4.99 Å². The molecule has 0 atom stereocenters. The number of hydrogen-bond donors (Lipinski definition) is 1. The summed E-state index contributed by atoms with van der Waals surface area (Å²) in [6.45, 7) is 6.76. The third-order valence-electron chi connectivity index (χ3n) is 3.63. The number of halogens is 2. The lowest BCUT2D eigenvalue weighted by Gasteiger charge is -2.14. The zero-order chi connectivity index (χ0) is 17.0. The van der Waals surface area contributed by atoms with Gasteiger partial charge in [0.2, 0.25) is 0 Å². The molecule has 3 nitrogen and oxygen atoms in total. The second-order valence-electron chi connectivity index (χ2n) is 5.52. The molecule has 0 bridgehead atoms. The van der Waals surface area contributed by atoms with Crippen molar-refractivity contribution in [1.29, 1.82) is 0 Å². The SMILES string of the molecule is CCN(C)C=Nc1cc(C)c(Nc2cc(F)ccc2F)cc1C. The number of aliphatic imine (C=N–C) groups is 1. The van der Waals surface area contributed by atoms with E-state index in [0.29, 0.717) is 0 Å². The number of anilines is 2. The first-order valence-corrected chi connectivity index (χ1v) is 7.48. The van der Waals surface area contributed by atoms with Gasteiger partial charge in [0.15, 0.2) is 0 Å². The van der Waals surface area contributed by atoms with Crippen LogP contribution in [0.3, 0.4) is 0 Å². The molecule has 0 spiro atoms. The van der Waals surface area contributed by atoms with Crippen molar-refractivity contribution in [2.45, 2.75) is 20.8 Å². The normalized spacial score (nSPS) is 11.0. The van der Waals surface area contributed by atoms with Crippen molar-refractivity contribution in [3.8, 4) is 0 Å². The van der Waals surface area contributed by atoms with Crippen LogP contribution >= 0.6 is 0 Å². The van der Waals surface area contributed by atoms with Crippen molar-refractivity contribution in [1.82, 2.24) is 4.90 Å². The minimum absolute atomic E-state index is 0.120. The van der Waals surface area contributed by atoms with E-state index >= 15 is 0 Å². The van der Waals surface area contributed by atoms with Crippen LogP contribution in [0.25, 0.3) is 0 Å². The molecule has 0 aliphatic rings. The van der Waals surface area contributed by atoms with Gasteiger partial charge in [-0.05, 0) is 56.2 Å². The molecule has 2 aromatic carbocycles. The Morgan fingerprint density at radius 1 is 1.09 bits per heavy atom. The van der Waals surface area contributed by atoms with E-state index in [2.05, 4.69) is 10.3 Å². The highest BCUT2D eigenvalue weighted by molar-refractivity contribution is 5.70. The smallest absolute Gasteiger partial charge is 0.146 e. The maximum atomic E-state index is 13.8. The average Bonchev–Trinajstić information content (AvgIpc) is 2.52. The first-order chi connectivity index (χ1) is 10.9. The van der Waals surface area contributed by atoms with E-state index in [1.54, 1.807) is 6.34 Å². The van der Waals surface area contributed by atoms with Gasteiger partial charge in [-0.2, -0.15) is 0 Å². The van der Waals surface area contributed by atoms with Gasteiger partial charge in [0.25, 0.3) is 0 Å². The molecule has 0 heterocycles. The van der Waals surface area contributed by atoms with Crippen molar-refractivity contribution < 1.29 is 8.78 Å². The molecule has 0 aliphatic carbocycles. The fourth-order valence-electron chi connectivity index (χ4n) is 2.06. The van der Waals surface area contributed by atoms with Gasteiger partial charge in [0.1, 0.15) is 11.6 Å². The molecule has 0 unspecified atom stereocenters. The molecule has 2 aromatic rings. The highest BCUT2D eigenvalue weighted by Crippen LogP contribution is 2.29. The van der Waals surface area contributed by atoms with Gasteiger partial charge in [0.05, 0.1) is 17.7 Å². The van der Waals surface area contributed by atoms with E-state index in [1.807, 2.05) is 44.9 Å². The van der Waals surface area contributed by atoms with Crippen LogP contribution in [0, 0.1) is 25.5 Å². The quantitative estimate of drug-likeness (QED) is 0.625. The fraction of sp³-hybridized carbons (Fsp3) is 0.278. The van der Waals surface area contributed by atoms with Crippen molar-refractivity contribution in [2.75, 3.05) is 18.9 Å². The van der Waals surface area contributed by atoms with E-state index in [4.69, 9.17) is 0 Å². The highest BCUT2D eigenvalue weighted by Gasteiger charge is 2.08. The topological polar surface area (TPSA) is 27.6 Å². The van der Waals surface area contributed by atoms with E-state index in [0.717, 1.165) is 47.2 Å². The molecular weight excluding hydrogens is 296 g/mol. The average molecular weight is 317 g/mol. The maximum absolute atomic E-state index is 13.8. The molecule has 0 fully saturated rings. The monoisotopic (exact) mass is 317 g/mol. The van der Waals surface area contributed by atoms with Crippen LogP contribution in [0.1, 0.15) is 18.1 Å². The van der Waals surface area contributed by atoms with Gasteiger partial charge in [-0.1, -0.05) is 0 Å². The summed E-state index contributed by atoms with van der Waals surface area (Å²) in [5.74, 6) is -0.970. The predicted octanol–water partition coefficient (Wildman–Crippen LogP) is 4.94. The second kappa shape index (κ2) is 7.22. The summed E-state index contributed by atoms with van der Waals surface area (Å²) in [6.07, 6.45) is 1.78. The largest absolute Gasteiger partial charge is 0.366 e. The molecule has 0 aliphatic heterocycles. The molecule has 0 radical (unpaired) electrons. The van der Waals surface area contributed by atoms with Crippen LogP contribution in [-0.4, -0.2) is 24.8 Å². The zero-order valence-electron chi connectivity index (χ0n) is 13.8. The summed E-state index contributed by atoms with van der Waals surface area (Å²) < 4.78 is 27.0. The lowest BCUT2D eigenvalue weighted by molar-refractivity contribution is 0.552. The number of benzene rings is 2. The summed E-state index contributed by atoms with van der Waals surface area (Å²) in [5, 5.41) is 2.95. The Kier molecular flexibility index (Phi) is 5.32. The maximum Gasteiger partial charge on any atom is 0.146 e. The van der Waals surface area contributed by atoms with Crippen LogP contribution in [-0.2, 0) is 0 Å². The summed E-state index contributed by atoms with van der Waals surface area (Å²) in [6, 6.07) is 7.17. The number of nitrogens with zero attached hydrogens (tertiary/aromatic N) is 2. The van der Waals surface area contributed by atoms with Gasteiger partial charge in [-0.25, -0.2) is 13.8 Å². The van der Waals surface area contributed by atoms with Crippen molar-refractivity contribution >= 4 is 23.4 Å². The van der Waals surface area contributed by atoms with E-state index < -0.39 is 11.6 Å². The lowest BCUT2D eigenvalue weighted by atomic mass is 10.1. The molecular formula is C18H21F2N3. The Hall–Kier alpha value is -2.43. The van der Waals surface area contributed by atoms with Crippen molar-refractivity contribution in [3.63, 3.8) is 0 Å². The number of nitrogens with one attached hydrogen (secondary N) is 1. The Bertz CT molecular complexity index is 726. The minimum Gasteiger partial charge on any atom is -0.366 e. The zero-order valence-corrected chi connectivity index (χ0v) is 13.8. The molecule has 0 saturated carbocycles. The van der Waals surface area contributed by atoms with Gasteiger partial charge < -0.3 is 10.2 Å². The number of rotatable bonds is 5. The Morgan fingerprint density at radius 3 is 2.52 bits per heavy atom. The lowest BCUT2D eigenvalue weighted by Crippen LogP contribution is -2.14. The third kappa shape index (κ3) is 4.28.